The van der Waals surface area contributed by atoms with Gasteiger partial charge in [0.25, 0.3) is 5.91 Å². The van der Waals surface area contributed by atoms with Crippen LogP contribution >= 0.6 is 23.8 Å². The van der Waals surface area contributed by atoms with Gasteiger partial charge < -0.3 is 11.1 Å². The van der Waals surface area contributed by atoms with Crippen LogP contribution in [0.1, 0.15) is 23.7 Å². The van der Waals surface area contributed by atoms with Crippen molar-refractivity contribution in [3.63, 3.8) is 0 Å². The van der Waals surface area contributed by atoms with Gasteiger partial charge in [0.2, 0.25) is 0 Å². The first-order valence-corrected chi connectivity index (χ1v) is 5.73. The number of rotatable bonds is 4. The molecule has 6 heteroatoms. The Labute approximate surface area is 109 Å². The second kappa shape index (κ2) is 5.93. The van der Waals surface area contributed by atoms with Gasteiger partial charge in [-0.05, 0) is 25.1 Å². The molecule has 1 rings (SSSR count). The fourth-order valence-electron chi connectivity index (χ4n) is 1.33. The van der Waals surface area contributed by atoms with Gasteiger partial charge in [0, 0.05) is 17.5 Å². The highest BCUT2D eigenvalue weighted by Gasteiger charge is 2.14. The van der Waals surface area contributed by atoms with Crippen molar-refractivity contribution < 1.29 is 9.18 Å². The maximum atomic E-state index is 13.4. The number of hydrogen-bond donors (Lipinski definition) is 2. The number of nitrogens with two attached hydrogens (primary N) is 1. The lowest BCUT2D eigenvalue weighted by molar-refractivity contribution is 0.0937. The lowest BCUT2D eigenvalue weighted by atomic mass is 10.1. The molecule has 1 amide bonds. The number of halogens is 2. The average Bonchev–Trinajstić information content (AvgIpc) is 2.15. The van der Waals surface area contributed by atoms with Crippen LogP contribution in [0.15, 0.2) is 18.2 Å². The molecule has 3 N–H and O–H groups in total. The number of amides is 1. The van der Waals surface area contributed by atoms with E-state index in [1.54, 1.807) is 6.92 Å². The molecule has 17 heavy (non-hydrogen) atoms. The predicted octanol–water partition coefficient (Wildman–Crippen LogP) is 2.27. The molecule has 1 aromatic rings. The normalized spacial score (nSPS) is 11.9. The first-order valence-electron chi connectivity index (χ1n) is 4.94. The van der Waals surface area contributed by atoms with Crippen LogP contribution in [-0.4, -0.2) is 16.9 Å². The van der Waals surface area contributed by atoms with E-state index in [4.69, 9.17) is 29.6 Å². The molecular weight excluding hydrogens is 263 g/mol. The Morgan fingerprint density at radius 2 is 2.29 bits per heavy atom. The zero-order valence-electron chi connectivity index (χ0n) is 9.17. The molecule has 0 radical (unpaired) electrons. The number of carbonyl (C=O) groups excluding carboxylic acids is 1. The second-order valence-corrected chi connectivity index (χ2v) is 4.63. The minimum atomic E-state index is -0.655. The van der Waals surface area contributed by atoms with Gasteiger partial charge in [-0.3, -0.25) is 4.79 Å². The summed E-state index contributed by atoms with van der Waals surface area (Å²) >= 11 is 10.3. The van der Waals surface area contributed by atoms with E-state index in [0.717, 1.165) is 6.07 Å². The van der Waals surface area contributed by atoms with E-state index in [1.165, 1.54) is 12.1 Å². The van der Waals surface area contributed by atoms with E-state index < -0.39 is 11.7 Å². The highest BCUT2D eigenvalue weighted by atomic mass is 35.5. The Morgan fingerprint density at radius 1 is 1.65 bits per heavy atom. The number of nitrogens with one attached hydrogen (secondary N) is 1. The summed E-state index contributed by atoms with van der Waals surface area (Å²) < 4.78 is 13.4. The number of thiocarbonyl (C=S) groups is 1. The lowest BCUT2D eigenvalue weighted by Crippen LogP contribution is -2.35. The number of carbonyl (C=O) groups is 1. The molecule has 0 aliphatic rings. The Kier molecular flexibility index (Phi) is 4.84. The molecule has 0 saturated carbocycles. The van der Waals surface area contributed by atoms with Gasteiger partial charge in [0.05, 0.1) is 10.6 Å². The maximum absolute atomic E-state index is 13.4. The molecule has 0 aromatic heterocycles. The summed E-state index contributed by atoms with van der Waals surface area (Å²) in [5.74, 6) is -1.17. The smallest absolute Gasteiger partial charge is 0.254 e. The van der Waals surface area contributed by atoms with Crippen LogP contribution in [0.4, 0.5) is 4.39 Å². The van der Waals surface area contributed by atoms with E-state index in [-0.39, 0.29) is 16.6 Å². The molecule has 3 nitrogen and oxygen atoms in total. The molecular formula is C11H12ClFN2OS. The van der Waals surface area contributed by atoms with Gasteiger partial charge in [0.15, 0.2) is 0 Å². The van der Waals surface area contributed by atoms with Gasteiger partial charge in [-0.15, -0.1) is 0 Å². The van der Waals surface area contributed by atoms with Crippen molar-refractivity contribution in [2.24, 2.45) is 5.73 Å². The van der Waals surface area contributed by atoms with Crippen LogP contribution in [0.25, 0.3) is 0 Å². The highest BCUT2D eigenvalue weighted by molar-refractivity contribution is 7.80. The van der Waals surface area contributed by atoms with Gasteiger partial charge in [0.1, 0.15) is 5.82 Å². The third-order valence-corrected chi connectivity index (χ3v) is 2.46. The molecule has 0 heterocycles. The van der Waals surface area contributed by atoms with Crippen molar-refractivity contribution in [2.45, 2.75) is 19.4 Å². The van der Waals surface area contributed by atoms with E-state index in [1.807, 2.05) is 0 Å². The first-order chi connectivity index (χ1) is 7.90. The van der Waals surface area contributed by atoms with Crippen molar-refractivity contribution in [1.82, 2.24) is 5.32 Å². The standard InChI is InChI=1S/C11H12ClFN2OS/c1-6(4-10(14)17)15-11(16)8-3-2-7(12)5-9(8)13/h2-3,5-6H,4H2,1H3,(H2,14,17)(H,15,16). The Morgan fingerprint density at radius 3 is 2.82 bits per heavy atom. The minimum absolute atomic E-state index is 0.0517. The SMILES string of the molecule is CC(CC(N)=S)NC(=O)c1ccc(Cl)cc1F. The third-order valence-electron chi connectivity index (χ3n) is 2.06. The van der Waals surface area contributed by atoms with Crippen molar-refractivity contribution in [1.29, 1.82) is 0 Å². The molecule has 92 valence electrons. The molecule has 0 aliphatic carbocycles. The van der Waals surface area contributed by atoms with Crippen LogP contribution in [-0.2, 0) is 0 Å². The molecule has 1 unspecified atom stereocenters. The summed E-state index contributed by atoms with van der Waals surface area (Å²) in [4.78, 5) is 12.0. The number of benzene rings is 1. The summed E-state index contributed by atoms with van der Waals surface area (Å²) in [6, 6.07) is 3.64. The van der Waals surface area contributed by atoms with Crippen LogP contribution in [0.3, 0.4) is 0 Å². The van der Waals surface area contributed by atoms with E-state index in [2.05, 4.69) is 5.32 Å². The largest absolute Gasteiger partial charge is 0.393 e. The summed E-state index contributed by atoms with van der Waals surface area (Å²) in [5, 5.41) is 2.84. The van der Waals surface area contributed by atoms with Crippen molar-refractivity contribution in [2.75, 3.05) is 0 Å². The Bertz CT molecular complexity index is 453. The fourth-order valence-corrected chi connectivity index (χ4v) is 1.74. The molecule has 0 aliphatic heterocycles. The van der Waals surface area contributed by atoms with Crippen molar-refractivity contribution in [3.05, 3.63) is 34.6 Å². The Balaban J connectivity index is 2.73. The zero-order valence-corrected chi connectivity index (χ0v) is 10.7. The summed E-state index contributed by atoms with van der Waals surface area (Å²) in [5.41, 5.74) is 5.29. The Hall–Kier alpha value is -1.20. The first kappa shape index (κ1) is 13.9. The summed E-state index contributed by atoms with van der Waals surface area (Å²) in [7, 11) is 0. The summed E-state index contributed by atoms with van der Waals surface area (Å²) in [6.45, 7) is 1.74. The maximum Gasteiger partial charge on any atom is 0.254 e. The number of hydrogen-bond acceptors (Lipinski definition) is 2. The lowest BCUT2D eigenvalue weighted by Gasteiger charge is -2.13. The molecule has 1 atom stereocenters. The predicted molar refractivity (Wildman–Crippen MR) is 69.7 cm³/mol. The van der Waals surface area contributed by atoms with Crippen LogP contribution in [0.2, 0.25) is 5.02 Å². The molecule has 0 saturated heterocycles. The molecule has 0 bridgehead atoms. The monoisotopic (exact) mass is 274 g/mol. The van der Waals surface area contributed by atoms with Crippen LogP contribution in [0.5, 0.6) is 0 Å². The van der Waals surface area contributed by atoms with Gasteiger partial charge in [-0.1, -0.05) is 23.8 Å². The van der Waals surface area contributed by atoms with E-state index in [0.29, 0.717) is 11.4 Å². The van der Waals surface area contributed by atoms with Gasteiger partial charge in [-0.2, -0.15) is 0 Å². The fraction of sp³-hybridized carbons (Fsp3) is 0.273. The van der Waals surface area contributed by atoms with Crippen molar-refractivity contribution in [3.8, 4) is 0 Å². The quantitative estimate of drug-likeness (QED) is 0.828. The van der Waals surface area contributed by atoms with Gasteiger partial charge >= 0.3 is 0 Å². The zero-order chi connectivity index (χ0) is 13.0. The van der Waals surface area contributed by atoms with Crippen LogP contribution < -0.4 is 11.1 Å². The molecule has 0 spiro atoms. The van der Waals surface area contributed by atoms with E-state index >= 15 is 0 Å². The second-order valence-electron chi connectivity index (χ2n) is 3.67. The molecule has 1 aromatic carbocycles. The minimum Gasteiger partial charge on any atom is -0.393 e. The average molecular weight is 275 g/mol. The highest BCUT2D eigenvalue weighted by Crippen LogP contribution is 2.14. The van der Waals surface area contributed by atoms with Gasteiger partial charge in [-0.25, -0.2) is 4.39 Å². The molecule has 0 fully saturated rings. The summed E-state index contributed by atoms with van der Waals surface area (Å²) in [6.07, 6.45) is 0.371. The van der Waals surface area contributed by atoms with Crippen molar-refractivity contribution >= 4 is 34.7 Å². The van der Waals surface area contributed by atoms with E-state index in [9.17, 15) is 9.18 Å². The topological polar surface area (TPSA) is 55.1 Å². The third kappa shape index (κ3) is 4.28. The van der Waals surface area contributed by atoms with Crippen LogP contribution in [0, 0.1) is 5.82 Å².